The summed E-state index contributed by atoms with van der Waals surface area (Å²) in [5.74, 6) is -0.860. The van der Waals surface area contributed by atoms with Crippen LogP contribution in [0.5, 0.6) is 11.5 Å². The van der Waals surface area contributed by atoms with Crippen LogP contribution in [0.25, 0.3) is 11.0 Å². The molecule has 0 aliphatic rings. The summed E-state index contributed by atoms with van der Waals surface area (Å²) in [4.78, 5) is 29.3. The van der Waals surface area contributed by atoms with E-state index in [4.69, 9.17) is 9.47 Å². The fourth-order valence-electron chi connectivity index (χ4n) is 4.23. The number of hydrogen-bond acceptors (Lipinski definition) is 6. The Kier molecular flexibility index (Phi) is 8.13. The molecule has 2 amide bonds. The van der Waals surface area contributed by atoms with Crippen molar-refractivity contribution in [2.75, 3.05) is 19.1 Å². The lowest BCUT2D eigenvalue weighted by atomic mass is 9.97. The Hall–Kier alpha value is -4.47. The van der Waals surface area contributed by atoms with E-state index in [1.165, 1.54) is 42.0 Å². The van der Waals surface area contributed by atoms with Gasteiger partial charge in [-0.05, 0) is 50.6 Å². The number of methoxy groups -OCH3 is 2. The van der Waals surface area contributed by atoms with Crippen molar-refractivity contribution in [1.82, 2.24) is 20.3 Å². The lowest BCUT2D eigenvalue weighted by Crippen LogP contribution is -2.51. The zero-order valence-electron chi connectivity index (χ0n) is 22.6. The van der Waals surface area contributed by atoms with Crippen molar-refractivity contribution >= 4 is 28.5 Å². The minimum absolute atomic E-state index is 0.0495. The standard InChI is InChI=1S/C29H32FN5O4/c1-6-29(2,3)31-28(37)27(20-11-7-8-12-21(20)30)35(19-15-16-24(38-4)25(17-19)39-5)26(36)18-34-23-14-10-9-13-22(23)32-33-34/h7-17,27H,6,18H2,1-5H3,(H,31,37)/t27-/m1/s1. The number of carbonyl (C=O) groups is 2. The van der Waals surface area contributed by atoms with Gasteiger partial charge >= 0.3 is 0 Å². The van der Waals surface area contributed by atoms with Gasteiger partial charge in [0.25, 0.3) is 0 Å². The van der Waals surface area contributed by atoms with Crippen LogP contribution in [0.1, 0.15) is 38.8 Å². The fourth-order valence-corrected chi connectivity index (χ4v) is 4.23. The molecule has 10 heteroatoms. The van der Waals surface area contributed by atoms with Gasteiger partial charge in [-0.3, -0.25) is 14.5 Å². The minimum atomic E-state index is -1.34. The summed E-state index contributed by atoms with van der Waals surface area (Å²) in [6.07, 6.45) is 0.623. The number of anilines is 1. The first-order chi connectivity index (χ1) is 18.7. The quantitative estimate of drug-likeness (QED) is 0.318. The second-order valence-electron chi connectivity index (χ2n) is 9.69. The predicted octanol–water partition coefficient (Wildman–Crippen LogP) is 4.67. The van der Waals surface area contributed by atoms with Crippen LogP contribution in [0.2, 0.25) is 0 Å². The van der Waals surface area contributed by atoms with Crippen LogP contribution < -0.4 is 19.7 Å². The average molecular weight is 534 g/mol. The highest BCUT2D eigenvalue weighted by molar-refractivity contribution is 6.02. The minimum Gasteiger partial charge on any atom is -0.493 e. The normalized spacial score (nSPS) is 12.2. The van der Waals surface area contributed by atoms with E-state index in [1.807, 2.05) is 32.9 Å². The van der Waals surface area contributed by atoms with E-state index in [0.29, 0.717) is 34.6 Å². The Morgan fingerprint density at radius 1 is 1.03 bits per heavy atom. The Morgan fingerprint density at radius 3 is 2.41 bits per heavy atom. The number of nitrogens with one attached hydrogen (secondary N) is 1. The molecule has 39 heavy (non-hydrogen) atoms. The summed E-state index contributed by atoms with van der Waals surface area (Å²) in [6, 6.07) is 16.7. The van der Waals surface area contributed by atoms with Gasteiger partial charge in [-0.15, -0.1) is 5.10 Å². The molecule has 0 bridgehead atoms. The maximum Gasteiger partial charge on any atom is 0.249 e. The van der Waals surface area contributed by atoms with E-state index in [0.717, 1.165) is 0 Å². The number of fused-ring (bicyclic) bond motifs is 1. The van der Waals surface area contributed by atoms with Crippen molar-refractivity contribution in [3.8, 4) is 11.5 Å². The molecule has 4 aromatic rings. The molecule has 1 heterocycles. The van der Waals surface area contributed by atoms with E-state index in [1.54, 1.807) is 36.4 Å². The van der Waals surface area contributed by atoms with E-state index in [-0.39, 0.29) is 12.1 Å². The van der Waals surface area contributed by atoms with Gasteiger partial charge < -0.3 is 14.8 Å². The number of nitrogens with zero attached hydrogens (tertiary/aromatic N) is 4. The molecule has 1 aromatic heterocycles. The van der Waals surface area contributed by atoms with Gasteiger partial charge in [0.2, 0.25) is 11.8 Å². The molecule has 0 saturated carbocycles. The third kappa shape index (κ3) is 5.84. The number of ether oxygens (including phenoxy) is 2. The number of rotatable bonds is 10. The summed E-state index contributed by atoms with van der Waals surface area (Å²) in [5.41, 5.74) is 1.04. The second kappa shape index (κ2) is 11.5. The first-order valence-electron chi connectivity index (χ1n) is 12.6. The molecule has 0 unspecified atom stereocenters. The molecule has 0 aliphatic carbocycles. The Balaban J connectivity index is 1.88. The fraction of sp³-hybridized carbons (Fsp3) is 0.310. The molecule has 0 radical (unpaired) electrons. The molecule has 3 aromatic carbocycles. The van der Waals surface area contributed by atoms with Crippen LogP contribution in [0.15, 0.2) is 66.7 Å². The monoisotopic (exact) mass is 533 g/mol. The van der Waals surface area contributed by atoms with E-state index >= 15 is 4.39 Å². The summed E-state index contributed by atoms with van der Waals surface area (Å²) in [6.45, 7) is 5.43. The van der Waals surface area contributed by atoms with Crippen LogP contribution in [-0.2, 0) is 16.1 Å². The molecule has 9 nitrogen and oxygen atoms in total. The molecule has 0 aliphatic heterocycles. The summed E-state index contributed by atoms with van der Waals surface area (Å²) in [7, 11) is 2.97. The van der Waals surface area contributed by atoms with Gasteiger partial charge in [0, 0.05) is 22.9 Å². The zero-order chi connectivity index (χ0) is 28.2. The summed E-state index contributed by atoms with van der Waals surface area (Å²) < 4.78 is 27.6. The van der Waals surface area contributed by atoms with Crippen molar-refractivity contribution in [1.29, 1.82) is 0 Å². The van der Waals surface area contributed by atoms with Crippen LogP contribution in [-0.4, -0.2) is 46.6 Å². The highest BCUT2D eigenvalue weighted by Gasteiger charge is 2.37. The van der Waals surface area contributed by atoms with Crippen LogP contribution >= 0.6 is 0 Å². The van der Waals surface area contributed by atoms with Gasteiger partial charge in [0.1, 0.15) is 23.9 Å². The smallest absolute Gasteiger partial charge is 0.249 e. The van der Waals surface area contributed by atoms with Crippen molar-refractivity contribution < 1.29 is 23.5 Å². The van der Waals surface area contributed by atoms with Crippen LogP contribution in [0.4, 0.5) is 10.1 Å². The zero-order valence-corrected chi connectivity index (χ0v) is 22.6. The van der Waals surface area contributed by atoms with Gasteiger partial charge in [-0.25, -0.2) is 9.07 Å². The maximum atomic E-state index is 15.3. The molecule has 1 atom stereocenters. The van der Waals surface area contributed by atoms with Gasteiger partial charge in [0.05, 0.1) is 19.7 Å². The van der Waals surface area contributed by atoms with Crippen molar-refractivity contribution in [2.24, 2.45) is 0 Å². The predicted molar refractivity (Wildman–Crippen MR) is 146 cm³/mol. The maximum absolute atomic E-state index is 15.3. The van der Waals surface area contributed by atoms with Gasteiger partial charge in [-0.2, -0.15) is 0 Å². The van der Waals surface area contributed by atoms with Gasteiger partial charge in [-0.1, -0.05) is 42.5 Å². The number of hydrogen-bond donors (Lipinski definition) is 1. The SMILES string of the molecule is CCC(C)(C)NC(=O)[C@@H](c1ccccc1F)N(C(=O)Cn1nnc2ccccc21)c1ccc(OC)c(OC)c1. The van der Waals surface area contributed by atoms with Crippen LogP contribution in [0, 0.1) is 5.82 Å². The van der Waals surface area contributed by atoms with E-state index in [9.17, 15) is 9.59 Å². The van der Waals surface area contributed by atoms with Gasteiger partial charge in [0.15, 0.2) is 11.5 Å². The highest BCUT2D eigenvalue weighted by Crippen LogP contribution is 2.36. The lowest BCUT2D eigenvalue weighted by Gasteiger charge is -2.35. The third-order valence-corrected chi connectivity index (χ3v) is 6.67. The van der Waals surface area contributed by atoms with Crippen molar-refractivity contribution in [3.63, 3.8) is 0 Å². The van der Waals surface area contributed by atoms with E-state index in [2.05, 4.69) is 15.6 Å². The Labute approximate surface area is 226 Å². The molecule has 204 valence electrons. The molecule has 0 saturated heterocycles. The molecular formula is C29H32FN5O4. The van der Waals surface area contributed by atoms with Crippen molar-refractivity contribution in [2.45, 2.75) is 45.3 Å². The van der Waals surface area contributed by atoms with Crippen LogP contribution in [0.3, 0.4) is 0 Å². The average Bonchev–Trinajstić information content (AvgIpc) is 3.34. The highest BCUT2D eigenvalue weighted by atomic mass is 19.1. The van der Waals surface area contributed by atoms with E-state index < -0.39 is 29.2 Å². The molecule has 0 spiro atoms. The summed E-state index contributed by atoms with van der Waals surface area (Å²) in [5, 5.41) is 11.3. The number of aromatic nitrogens is 3. The number of carbonyl (C=O) groups excluding carboxylic acids is 2. The lowest BCUT2D eigenvalue weighted by molar-refractivity contribution is -0.128. The Bertz CT molecular complexity index is 1490. The number of benzene rings is 3. The Morgan fingerprint density at radius 2 is 1.72 bits per heavy atom. The first kappa shape index (κ1) is 27.6. The third-order valence-electron chi connectivity index (χ3n) is 6.67. The van der Waals surface area contributed by atoms with Crippen molar-refractivity contribution in [3.05, 3.63) is 78.1 Å². The first-order valence-corrected chi connectivity index (χ1v) is 12.6. The molecule has 4 rings (SSSR count). The molecule has 0 fully saturated rings. The largest absolute Gasteiger partial charge is 0.493 e. The molecular weight excluding hydrogens is 501 g/mol. The molecule has 1 N–H and O–H groups in total. The second-order valence-corrected chi connectivity index (χ2v) is 9.69. The topological polar surface area (TPSA) is 98.6 Å². The number of amides is 2. The summed E-state index contributed by atoms with van der Waals surface area (Å²) >= 11 is 0. The number of halogens is 1. The number of para-hydroxylation sites is 1.